The minimum absolute atomic E-state index is 1.10. The Morgan fingerprint density at radius 1 is 0.571 bits per heavy atom. The van der Waals surface area contributed by atoms with Crippen LogP contribution in [-0.2, 0) is 0 Å². The maximum Gasteiger partial charge on any atom is 0.0634 e. The zero-order valence-electron chi connectivity index (χ0n) is 12.8. The lowest BCUT2D eigenvalue weighted by molar-refractivity contribution is 0.561. The lowest BCUT2D eigenvalue weighted by Crippen LogP contribution is -1.81. The highest BCUT2D eigenvalue weighted by Crippen LogP contribution is 2.11. The summed E-state index contributed by atoms with van der Waals surface area (Å²) in [6.45, 7) is 0. The van der Waals surface area contributed by atoms with Crippen LogP contribution in [0, 0.1) is 0 Å². The van der Waals surface area contributed by atoms with Crippen LogP contribution in [0.4, 0.5) is 0 Å². The van der Waals surface area contributed by atoms with Gasteiger partial charge in [0.25, 0.3) is 0 Å². The van der Waals surface area contributed by atoms with E-state index in [0.29, 0.717) is 0 Å². The zero-order valence-corrected chi connectivity index (χ0v) is 14.4. The van der Waals surface area contributed by atoms with Crippen molar-refractivity contribution in [2.75, 3.05) is 0 Å². The normalized spacial score (nSPS) is 10.7. The molecule has 0 N–H and O–H groups in total. The van der Waals surface area contributed by atoms with Crippen LogP contribution in [0.2, 0.25) is 0 Å². The molecule has 0 amide bonds. The van der Waals surface area contributed by atoms with Crippen molar-refractivity contribution in [2.45, 2.75) is 70.6 Å². The van der Waals surface area contributed by atoms with Crippen LogP contribution in [0.25, 0.3) is 0 Å². The van der Waals surface area contributed by atoms with Crippen LogP contribution >= 0.6 is 24.4 Å². The summed E-state index contributed by atoms with van der Waals surface area (Å²) in [6, 6.07) is 0. The third-order valence-corrected chi connectivity index (χ3v) is 3.42. The molecule has 0 aliphatic carbocycles. The van der Waals surface area contributed by atoms with E-state index in [4.69, 9.17) is 0 Å². The predicted octanol–water partition coefficient (Wildman–Crippen LogP) is 6.51. The van der Waals surface area contributed by atoms with E-state index in [0.717, 1.165) is 12.8 Å². The Balaban J connectivity index is 3.12. The molecule has 0 saturated carbocycles. The van der Waals surface area contributed by atoms with E-state index in [1.165, 1.54) is 57.8 Å². The van der Waals surface area contributed by atoms with Gasteiger partial charge in [-0.3, -0.25) is 0 Å². The molecule has 4 heteroatoms. The zero-order chi connectivity index (χ0) is 15.4. The number of nitrogens with zero attached hydrogens (tertiary/aromatic N) is 2. The molecule has 0 radical (unpaired) electrons. The molecule has 2 nitrogen and oxygen atoms in total. The van der Waals surface area contributed by atoms with E-state index >= 15 is 0 Å². The highest BCUT2D eigenvalue weighted by molar-refractivity contribution is 7.78. The Morgan fingerprint density at radius 2 is 0.905 bits per heavy atom. The molecule has 0 aromatic carbocycles. The largest absolute Gasteiger partial charge is 0.203 e. The Kier molecular flexibility index (Phi) is 18.2. The first-order chi connectivity index (χ1) is 10.4. The first-order valence-corrected chi connectivity index (χ1v) is 8.67. The molecule has 0 saturated heterocycles. The van der Waals surface area contributed by atoms with Crippen molar-refractivity contribution in [3.05, 3.63) is 24.6 Å². The van der Waals surface area contributed by atoms with Crippen molar-refractivity contribution in [1.82, 2.24) is 0 Å². The smallest absolute Gasteiger partial charge is 0.0634 e. The maximum atomic E-state index is 4.48. The van der Waals surface area contributed by atoms with Crippen LogP contribution in [0.15, 0.2) is 34.5 Å². The molecule has 0 aliphatic heterocycles. The van der Waals surface area contributed by atoms with E-state index in [9.17, 15) is 0 Å². The second kappa shape index (κ2) is 19.1. The van der Waals surface area contributed by atoms with Gasteiger partial charge in [0.2, 0.25) is 0 Å². The molecule has 0 aliphatic rings. The van der Waals surface area contributed by atoms with Gasteiger partial charge in [0.15, 0.2) is 0 Å². The van der Waals surface area contributed by atoms with Crippen molar-refractivity contribution >= 4 is 34.8 Å². The minimum Gasteiger partial charge on any atom is -0.203 e. The van der Waals surface area contributed by atoms with Gasteiger partial charge >= 0.3 is 0 Å². The van der Waals surface area contributed by atoms with E-state index in [2.05, 4.69) is 56.9 Å². The fraction of sp³-hybridized carbons (Fsp3) is 0.647. The van der Waals surface area contributed by atoms with Gasteiger partial charge in [0.1, 0.15) is 0 Å². The van der Waals surface area contributed by atoms with Gasteiger partial charge in [-0.05, 0) is 50.1 Å². The van der Waals surface area contributed by atoms with Gasteiger partial charge in [-0.25, -0.2) is 9.98 Å². The Morgan fingerprint density at radius 3 is 1.24 bits per heavy atom. The molecule has 0 aromatic rings. The Bertz CT molecular complexity index is 340. The molecule has 0 fully saturated rings. The van der Waals surface area contributed by atoms with Crippen molar-refractivity contribution in [1.29, 1.82) is 0 Å². The summed E-state index contributed by atoms with van der Waals surface area (Å²) in [5, 5.41) is 4.65. The molecule has 0 rings (SSSR count). The van der Waals surface area contributed by atoms with Gasteiger partial charge < -0.3 is 0 Å². The van der Waals surface area contributed by atoms with Crippen LogP contribution in [0.3, 0.4) is 0 Å². The summed E-state index contributed by atoms with van der Waals surface area (Å²) >= 11 is 8.96. The standard InChI is InChI=1S/C17H26N2S2/c20-16-18-14-12-10-8-6-4-2-1-3-5-7-9-11-13-15-19-17-21/h12-15H,1-11H2/b14-12-,15-13-. The first-order valence-electron chi connectivity index (χ1n) is 7.86. The summed E-state index contributed by atoms with van der Waals surface area (Å²) in [5.41, 5.74) is 0. The molecule has 0 unspecified atom stereocenters. The molecule has 0 heterocycles. The van der Waals surface area contributed by atoms with Gasteiger partial charge in [0, 0.05) is 12.4 Å². The minimum atomic E-state index is 1.10. The summed E-state index contributed by atoms with van der Waals surface area (Å²) < 4.78 is 0. The van der Waals surface area contributed by atoms with Gasteiger partial charge in [0.05, 0.1) is 10.3 Å². The number of aliphatic imine (C=N–C) groups is 2. The lowest BCUT2D eigenvalue weighted by Gasteiger charge is -2.01. The Hall–Kier alpha value is -0.920. The highest BCUT2D eigenvalue weighted by Gasteiger charge is 1.92. The maximum absolute atomic E-state index is 4.48. The average Bonchev–Trinajstić information content (AvgIpc) is 2.50. The summed E-state index contributed by atoms with van der Waals surface area (Å²) in [7, 11) is 0. The second-order valence-corrected chi connectivity index (χ2v) is 5.33. The molecule has 0 aromatic heterocycles. The fourth-order valence-corrected chi connectivity index (χ4v) is 2.20. The van der Waals surface area contributed by atoms with Crippen molar-refractivity contribution in [3.63, 3.8) is 0 Å². The third kappa shape index (κ3) is 19.1. The molecule has 0 atom stereocenters. The van der Waals surface area contributed by atoms with Crippen LogP contribution in [0.1, 0.15) is 70.6 Å². The second-order valence-electron chi connectivity index (χ2n) is 4.97. The van der Waals surface area contributed by atoms with Crippen molar-refractivity contribution in [3.8, 4) is 0 Å². The average molecular weight is 323 g/mol. The van der Waals surface area contributed by atoms with Crippen LogP contribution in [0.5, 0.6) is 0 Å². The number of hydrogen-bond acceptors (Lipinski definition) is 4. The van der Waals surface area contributed by atoms with Crippen molar-refractivity contribution < 1.29 is 0 Å². The number of allylic oxidation sites excluding steroid dienone is 2. The van der Waals surface area contributed by atoms with E-state index < -0.39 is 0 Å². The molecular formula is C17H26N2S2. The summed E-state index contributed by atoms with van der Waals surface area (Å²) in [6.07, 6.45) is 21.7. The summed E-state index contributed by atoms with van der Waals surface area (Å²) in [4.78, 5) is 7.48. The SMILES string of the molecule is S=C=N/C=C\CCCCCCCCCCC/C=C\N=C=S. The summed E-state index contributed by atoms with van der Waals surface area (Å²) in [5.74, 6) is 0. The fourth-order valence-electron chi connectivity index (χ4n) is 2.08. The lowest BCUT2D eigenvalue weighted by atomic mass is 10.1. The number of hydrogen-bond donors (Lipinski definition) is 0. The molecular weight excluding hydrogens is 296 g/mol. The first kappa shape index (κ1) is 20.1. The van der Waals surface area contributed by atoms with Crippen LogP contribution in [-0.4, -0.2) is 10.3 Å². The topological polar surface area (TPSA) is 24.7 Å². The van der Waals surface area contributed by atoms with E-state index in [1.807, 2.05) is 0 Å². The van der Waals surface area contributed by atoms with E-state index in [-0.39, 0.29) is 0 Å². The quantitative estimate of drug-likeness (QED) is 0.207. The molecule has 0 spiro atoms. The third-order valence-electron chi connectivity index (χ3n) is 3.21. The number of rotatable bonds is 14. The van der Waals surface area contributed by atoms with Crippen LogP contribution < -0.4 is 0 Å². The molecule has 0 bridgehead atoms. The highest BCUT2D eigenvalue weighted by atomic mass is 32.1. The number of thiocarbonyl (C=S) groups is 2. The van der Waals surface area contributed by atoms with E-state index in [1.54, 1.807) is 12.4 Å². The van der Waals surface area contributed by atoms with Crippen molar-refractivity contribution in [2.24, 2.45) is 9.98 Å². The predicted molar refractivity (Wildman–Crippen MR) is 99.1 cm³/mol. The number of unbranched alkanes of at least 4 members (excludes halogenated alkanes) is 10. The van der Waals surface area contributed by atoms with Gasteiger partial charge in [-0.2, -0.15) is 0 Å². The molecule has 21 heavy (non-hydrogen) atoms. The van der Waals surface area contributed by atoms with Gasteiger partial charge in [-0.1, -0.05) is 57.1 Å². The number of isothiocyanates is 2. The Labute approximate surface area is 140 Å². The van der Waals surface area contributed by atoms with Gasteiger partial charge in [-0.15, -0.1) is 0 Å². The molecule has 116 valence electrons. The monoisotopic (exact) mass is 322 g/mol.